The quantitative estimate of drug-likeness (QED) is 0.656. The molecule has 6 nitrogen and oxygen atoms in total. The van der Waals surface area contributed by atoms with Gasteiger partial charge in [0.15, 0.2) is 0 Å². The number of aromatic amines is 1. The number of benzene rings is 1. The van der Waals surface area contributed by atoms with E-state index in [9.17, 15) is 10.1 Å². The first-order valence-electron chi connectivity index (χ1n) is 5.28. The molecule has 2 aromatic rings. The number of nitrogens with zero attached hydrogens (tertiary/aromatic N) is 2. The Hall–Kier alpha value is -1.73. The van der Waals surface area contributed by atoms with Crippen molar-refractivity contribution in [1.29, 1.82) is 0 Å². The van der Waals surface area contributed by atoms with Gasteiger partial charge in [-0.15, -0.1) is 0 Å². The van der Waals surface area contributed by atoms with Gasteiger partial charge in [0.05, 0.1) is 9.40 Å². The lowest BCUT2D eigenvalue weighted by Gasteiger charge is -2.04. The van der Waals surface area contributed by atoms with E-state index in [0.29, 0.717) is 17.6 Å². The highest BCUT2D eigenvalue weighted by molar-refractivity contribution is 9.10. The fraction of sp³-hybridized carbons (Fsp3) is 0.182. The minimum Gasteiger partial charge on any atom is -0.307 e. The maximum absolute atomic E-state index is 10.8. The van der Waals surface area contributed by atoms with E-state index in [2.05, 4.69) is 31.4 Å². The fourth-order valence-electron chi connectivity index (χ4n) is 1.53. The Morgan fingerprint density at radius 3 is 2.89 bits per heavy atom. The zero-order valence-corrected chi connectivity index (χ0v) is 11.0. The van der Waals surface area contributed by atoms with Crippen molar-refractivity contribution in [1.82, 2.24) is 15.5 Å². The van der Waals surface area contributed by atoms with Crippen LogP contribution in [0.1, 0.15) is 11.3 Å². The normalized spacial score (nSPS) is 10.5. The largest absolute Gasteiger partial charge is 0.307 e. The Balaban J connectivity index is 1.97. The summed E-state index contributed by atoms with van der Waals surface area (Å²) in [5.41, 5.74) is 1.92. The topological polar surface area (TPSA) is 83.8 Å². The average Bonchev–Trinajstić information content (AvgIpc) is 2.84. The van der Waals surface area contributed by atoms with Crippen LogP contribution in [-0.4, -0.2) is 15.1 Å². The van der Waals surface area contributed by atoms with E-state index in [0.717, 1.165) is 11.3 Å². The zero-order chi connectivity index (χ0) is 13.0. The molecule has 0 saturated carbocycles. The minimum absolute atomic E-state index is 0.0795. The van der Waals surface area contributed by atoms with E-state index < -0.39 is 4.92 Å². The van der Waals surface area contributed by atoms with Gasteiger partial charge in [-0.05, 0) is 33.6 Å². The first-order valence-corrected chi connectivity index (χ1v) is 6.08. The van der Waals surface area contributed by atoms with E-state index >= 15 is 0 Å². The van der Waals surface area contributed by atoms with Crippen molar-refractivity contribution in [2.75, 3.05) is 0 Å². The molecule has 0 bridgehead atoms. The van der Waals surface area contributed by atoms with Gasteiger partial charge in [-0.25, -0.2) is 0 Å². The second-order valence-corrected chi connectivity index (χ2v) is 4.58. The number of nitro benzene ring substituents is 1. The number of H-pyrrole nitrogens is 1. The van der Waals surface area contributed by atoms with Crippen LogP contribution < -0.4 is 5.32 Å². The molecule has 2 N–H and O–H groups in total. The number of hydrogen-bond donors (Lipinski definition) is 2. The van der Waals surface area contributed by atoms with Gasteiger partial charge >= 0.3 is 0 Å². The third-order valence-electron chi connectivity index (χ3n) is 2.41. The van der Waals surface area contributed by atoms with Crippen LogP contribution in [0, 0.1) is 10.1 Å². The van der Waals surface area contributed by atoms with Crippen molar-refractivity contribution in [3.05, 3.63) is 56.3 Å². The number of hydrogen-bond acceptors (Lipinski definition) is 4. The molecule has 0 fully saturated rings. The second kappa shape index (κ2) is 5.74. The predicted octanol–water partition coefficient (Wildman–Crippen LogP) is 2.37. The van der Waals surface area contributed by atoms with Gasteiger partial charge in [0.2, 0.25) is 0 Å². The highest BCUT2D eigenvalue weighted by Crippen LogP contribution is 2.25. The van der Waals surface area contributed by atoms with Crippen molar-refractivity contribution in [2.45, 2.75) is 13.1 Å². The lowest BCUT2D eigenvalue weighted by atomic mass is 10.2. The molecule has 0 saturated heterocycles. The molecule has 2 rings (SSSR count). The van der Waals surface area contributed by atoms with Crippen LogP contribution in [0.3, 0.4) is 0 Å². The van der Waals surface area contributed by atoms with Crippen molar-refractivity contribution < 1.29 is 4.92 Å². The smallest absolute Gasteiger partial charge is 0.283 e. The molecule has 0 amide bonds. The maximum Gasteiger partial charge on any atom is 0.283 e. The van der Waals surface area contributed by atoms with Crippen molar-refractivity contribution in [2.24, 2.45) is 0 Å². The first-order chi connectivity index (χ1) is 8.66. The van der Waals surface area contributed by atoms with Gasteiger partial charge in [0.1, 0.15) is 0 Å². The van der Waals surface area contributed by atoms with Crippen LogP contribution in [0.4, 0.5) is 5.69 Å². The number of rotatable bonds is 5. The second-order valence-electron chi connectivity index (χ2n) is 3.73. The Labute approximate surface area is 112 Å². The fourth-order valence-corrected chi connectivity index (χ4v) is 1.92. The molecule has 1 aromatic carbocycles. The van der Waals surface area contributed by atoms with E-state index in [1.165, 1.54) is 0 Å². The molecule has 94 valence electrons. The lowest BCUT2D eigenvalue weighted by Crippen LogP contribution is -2.13. The first kappa shape index (κ1) is 12.7. The number of aromatic nitrogens is 2. The molecule has 0 atom stereocenters. The molecule has 0 unspecified atom stereocenters. The summed E-state index contributed by atoms with van der Waals surface area (Å²) >= 11 is 3.16. The summed E-state index contributed by atoms with van der Waals surface area (Å²) in [6, 6.07) is 6.96. The third kappa shape index (κ3) is 3.14. The molecular weight excluding hydrogens is 300 g/mol. The Morgan fingerprint density at radius 1 is 1.39 bits per heavy atom. The third-order valence-corrected chi connectivity index (χ3v) is 3.08. The van der Waals surface area contributed by atoms with Crippen molar-refractivity contribution in [3.63, 3.8) is 0 Å². The van der Waals surface area contributed by atoms with Crippen molar-refractivity contribution in [3.8, 4) is 0 Å². The van der Waals surface area contributed by atoms with E-state index in [1.807, 2.05) is 12.1 Å². The van der Waals surface area contributed by atoms with E-state index in [1.54, 1.807) is 18.3 Å². The number of nitro groups is 1. The Morgan fingerprint density at radius 2 is 2.22 bits per heavy atom. The summed E-state index contributed by atoms with van der Waals surface area (Å²) in [6.45, 7) is 1.21. The zero-order valence-electron chi connectivity index (χ0n) is 9.39. The summed E-state index contributed by atoms with van der Waals surface area (Å²) in [5, 5.41) is 20.6. The maximum atomic E-state index is 10.8. The molecule has 0 radical (unpaired) electrons. The van der Waals surface area contributed by atoms with Gasteiger partial charge in [0, 0.05) is 31.0 Å². The average molecular weight is 311 g/mol. The molecule has 1 heterocycles. The molecule has 0 aliphatic carbocycles. The van der Waals surface area contributed by atoms with Gasteiger partial charge in [-0.2, -0.15) is 5.10 Å². The molecule has 0 spiro atoms. The molecule has 18 heavy (non-hydrogen) atoms. The van der Waals surface area contributed by atoms with E-state index in [-0.39, 0.29) is 5.69 Å². The van der Waals surface area contributed by atoms with Crippen LogP contribution in [0.15, 0.2) is 34.9 Å². The lowest BCUT2D eigenvalue weighted by molar-refractivity contribution is -0.385. The summed E-state index contributed by atoms with van der Waals surface area (Å²) < 4.78 is 0.491. The molecular formula is C11H11BrN4O2. The van der Waals surface area contributed by atoms with Gasteiger partial charge in [-0.1, -0.05) is 6.07 Å². The summed E-state index contributed by atoms with van der Waals surface area (Å²) in [5.74, 6) is 0. The van der Waals surface area contributed by atoms with Gasteiger partial charge in [-0.3, -0.25) is 15.2 Å². The summed E-state index contributed by atoms with van der Waals surface area (Å²) in [7, 11) is 0. The van der Waals surface area contributed by atoms with Gasteiger partial charge in [0.25, 0.3) is 5.69 Å². The highest BCUT2D eigenvalue weighted by atomic mass is 79.9. The van der Waals surface area contributed by atoms with Crippen LogP contribution in [0.5, 0.6) is 0 Å². The summed E-state index contributed by atoms with van der Waals surface area (Å²) in [6.07, 6.45) is 1.68. The van der Waals surface area contributed by atoms with Crippen LogP contribution >= 0.6 is 15.9 Å². The monoisotopic (exact) mass is 310 g/mol. The number of nitrogens with one attached hydrogen (secondary N) is 2. The number of halogens is 1. The van der Waals surface area contributed by atoms with Crippen molar-refractivity contribution >= 4 is 21.6 Å². The van der Waals surface area contributed by atoms with E-state index in [4.69, 9.17) is 0 Å². The Kier molecular flexibility index (Phi) is 4.06. The molecule has 0 aliphatic rings. The highest BCUT2D eigenvalue weighted by Gasteiger charge is 2.11. The molecule has 7 heteroatoms. The van der Waals surface area contributed by atoms with Crippen LogP contribution in [-0.2, 0) is 13.1 Å². The SMILES string of the molecule is O=[N+]([O-])c1cc(CNCc2ccn[nH]2)ccc1Br. The predicted molar refractivity (Wildman–Crippen MR) is 69.9 cm³/mol. The van der Waals surface area contributed by atoms with Crippen LogP contribution in [0.25, 0.3) is 0 Å². The minimum atomic E-state index is -0.400. The standard InChI is InChI=1S/C11H11BrN4O2/c12-10-2-1-8(5-11(10)16(17)18)6-13-7-9-3-4-14-15-9/h1-5,13H,6-7H2,(H,14,15). The Bertz CT molecular complexity index is 542. The van der Waals surface area contributed by atoms with Crippen LogP contribution in [0.2, 0.25) is 0 Å². The van der Waals surface area contributed by atoms with Gasteiger partial charge < -0.3 is 5.32 Å². The summed E-state index contributed by atoms with van der Waals surface area (Å²) in [4.78, 5) is 10.4. The molecule has 1 aromatic heterocycles. The molecule has 0 aliphatic heterocycles.